The summed E-state index contributed by atoms with van der Waals surface area (Å²) in [4.78, 5) is 7.83. The molecule has 2 aromatic rings. The second-order valence-corrected chi connectivity index (χ2v) is 4.68. The third-order valence-electron chi connectivity index (χ3n) is 2.64. The number of rotatable bonds is 3. The largest absolute Gasteiger partial charge is 0.393 e. The van der Waals surface area contributed by atoms with Crippen LogP contribution in [0.3, 0.4) is 0 Å². The first kappa shape index (κ1) is 11.1. The molecule has 0 bridgehead atoms. The maximum Gasteiger partial charge on any atom is 0.109 e. The Morgan fingerprint density at radius 3 is 2.69 bits per heavy atom. The summed E-state index contributed by atoms with van der Waals surface area (Å²) in [7, 11) is 0. The number of aliphatic hydroxyl groups is 1. The van der Waals surface area contributed by atoms with Crippen LogP contribution in [0, 0.1) is 0 Å². The van der Waals surface area contributed by atoms with E-state index in [2.05, 4.69) is 29.9 Å². The number of imidazole rings is 1. The van der Waals surface area contributed by atoms with Gasteiger partial charge in [0.25, 0.3) is 0 Å². The summed E-state index contributed by atoms with van der Waals surface area (Å²) in [6.07, 6.45) is 0.385. The molecular weight excluding hydrogens is 200 g/mol. The van der Waals surface area contributed by atoms with Gasteiger partial charge in [0.2, 0.25) is 0 Å². The van der Waals surface area contributed by atoms with Crippen molar-refractivity contribution >= 4 is 11.0 Å². The summed E-state index contributed by atoms with van der Waals surface area (Å²) in [6.45, 7) is 6.04. The number of aromatic nitrogens is 2. The molecule has 0 spiro atoms. The van der Waals surface area contributed by atoms with Gasteiger partial charge in [-0.15, -0.1) is 0 Å². The second-order valence-electron chi connectivity index (χ2n) is 4.68. The zero-order valence-corrected chi connectivity index (χ0v) is 9.99. The predicted octanol–water partition coefficient (Wildman–Crippen LogP) is 2.61. The van der Waals surface area contributed by atoms with Crippen LogP contribution < -0.4 is 0 Å². The van der Waals surface area contributed by atoms with E-state index in [1.54, 1.807) is 6.92 Å². The maximum atomic E-state index is 9.35. The Kier molecular flexibility index (Phi) is 2.97. The molecule has 16 heavy (non-hydrogen) atoms. The minimum Gasteiger partial charge on any atom is -0.393 e. The number of nitrogens with zero attached hydrogens (tertiary/aromatic N) is 1. The molecule has 0 radical (unpaired) electrons. The van der Waals surface area contributed by atoms with Crippen LogP contribution in [0.5, 0.6) is 0 Å². The topological polar surface area (TPSA) is 48.9 Å². The SMILES string of the molecule is CC(O)Cc1ccc2nc(C(C)C)[nH]c2c1. The van der Waals surface area contributed by atoms with E-state index in [0.717, 1.165) is 22.4 Å². The van der Waals surface area contributed by atoms with Crippen LogP contribution in [0.2, 0.25) is 0 Å². The van der Waals surface area contributed by atoms with Crippen molar-refractivity contribution in [1.29, 1.82) is 0 Å². The van der Waals surface area contributed by atoms with Gasteiger partial charge in [-0.1, -0.05) is 19.9 Å². The van der Waals surface area contributed by atoms with Gasteiger partial charge in [0.1, 0.15) is 5.82 Å². The zero-order chi connectivity index (χ0) is 11.7. The first-order valence-corrected chi connectivity index (χ1v) is 5.73. The summed E-state index contributed by atoms with van der Waals surface area (Å²) in [5, 5.41) is 9.35. The number of benzene rings is 1. The smallest absolute Gasteiger partial charge is 0.109 e. The van der Waals surface area contributed by atoms with Crippen molar-refractivity contribution < 1.29 is 5.11 Å². The standard InChI is InChI=1S/C13H18N2O/c1-8(2)13-14-11-5-4-10(6-9(3)16)7-12(11)15-13/h4-5,7-9,16H,6H2,1-3H3,(H,14,15). The Morgan fingerprint density at radius 2 is 2.06 bits per heavy atom. The molecule has 3 heteroatoms. The fraction of sp³-hybridized carbons (Fsp3) is 0.462. The molecule has 86 valence electrons. The van der Waals surface area contributed by atoms with Gasteiger partial charge in [0, 0.05) is 5.92 Å². The van der Waals surface area contributed by atoms with Crippen molar-refractivity contribution in [3.63, 3.8) is 0 Å². The molecule has 2 N–H and O–H groups in total. The summed E-state index contributed by atoms with van der Waals surface area (Å²) in [6, 6.07) is 6.11. The van der Waals surface area contributed by atoms with Crippen LogP contribution in [-0.2, 0) is 6.42 Å². The minimum absolute atomic E-state index is 0.301. The first-order valence-electron chi connectivity index (χ1n) is 5.73. The molecule has 1 heterocycles. The summed E-state index contributed by atoms with van der Waals surface area (Å²) in [5.41, 5.74) is 3.20. The molecule has 1 unspecified atom stereocenters. The fourth-order valence-electron chi connectivity index (χ4n) is 1.82. The van der Waals surface area contributed by atoms with E-state index in [4.69, 9.17) is 0 Å². The van der Waals surface area contributed by atoms with Crippen molar-refractivity contribution in [3.05, 3.63) is 29.6 Å². The van der Waals surface area contributed by atoms with Crippen LogP contribution in [0.15, 0.2) is 18.2 Å². The van der Waals surface area contributed by atoms with Gasteiger partial charge in [-0.3, -0.25) is 0 Å². The van der Waals surface area contributed by atoms with Gasteiger partial charge in [0.05, 0.1) is 17.1 Å². The number of aliphatic hydroxyl groups excluding tert-OH is 1. The number of hydrogen-bond acceptors (Lipinski definition) is 2. The Balaban J connectivity index is 2.38. The maximum absolute atomic E-state index is 9.35. The van der Waals surface area contributed by atoms with Gasteiger partial charge in [0.15, 0.2) is 0 Å². The Morgan fingerprint density at radius 1 is 1.31 bits per heavy atom. The normalized spacial score (nSPS) is 13.6. The number of hydrogen-bond donors (Lipinski definition) is 2. The van der Waals surface area contributed by atoms with E-state index in [1.807, 2.05) is 12.1 Å². The van der Waals surface area contributed by atoms with Crippen LogP contribution in [-0.4, -0.2) is 21.2 Å². The summed E-state index contributed by atoms with van der Waals surface area (Å²) >= 11 is 0. The van der Waals surface area contributed by atoms with E-state index in [0.29, 0.717) is 12.3 Å². The lowest BCUT2D eigenvalue weighted by molar-refractivity contribution is 0.195. The molecule has 0 saturated carbocycles. The van der Waals surface area contributed by atoms with Gasteiger partial charge in [-0.25, -0.2) is 4.98 Å². The van der Waals surface area contributed by atoms with Gasteiger partial charge in [-0.05, 0) is 31.0 Å². The third-order valence-corrected chi connectivity index (χ3v) is 2.64. The van der Waals surface area contributed by atoms with Crippen molar-refractivity contribution in [2.75, 3.05) is 0 Å². The van der Waals surface area contributed by atoms with Crippen molar-refractivity contribution in [2.24, 2.45) is 0 Å². The lowest BCUT2D eigenvalue weighted by Gasteiger charge is -2.03. The minimum atomic E-state index is -0.301. The Bertz CT molecular complexity index is 486. The first-order chi connectivity index (χ1) is 7.56. The van der Waals surface area contributed by atoms with Crippen LogP contribution >= 0.6 is 0 Å². The van der Waals surface area contributed by atoms with Gasteiger partial charge < -0.3 is 10.1 Å². The van der Waals surface area contributed by atoms with Gasteiger partial charge >= 0.3 is 0 Å². The van der Waals surface area contributed by atoms with E-state index >= 15 is 0 Å². The highest BCUT2D eigenvalue weighted by Gasteiger charge is 2.07. The van der Waals surface area contributed by atoms with Crippen LogP contribution in [0.1, 0.15) is 38.1 Å². The van der Waals surface area contributed by atoms with E-state index in [-0.39, 0.29) is 6.10 Å². The van der Waals surface area contributed by atoms with E-state index in [1.165, 1.54) is 0 Å². The Hall–Kier alpha value is -1.35. The second kappa shape index (κ2) is 4.26. The zero-order valence-electron chi connectivity index (χ0n) is 9.99. The molecule has 0 saturated heterocycles. The number of H-pyrrole nitrogens is 1. The molecule has 1 atom stereocenters. The highest BCUT2D eigenvalue weighted by Crippen LogP contribution is 2.18. The molecule has 1 aromatic carbocycles. The van der Waals surface area contributed by atoms with Crippen molar-refractivity contribution in [2.45, 2.75) is 39.2 Å². The van der Waals surface area contributed by atoms with Crippen LogP contribution in [0.25, 0.3) is 11.0 Å². The molecule has 3 nitrogen and oxygen atoms in total. The molecule has 1 aromatic heterocycles. The van der Waals surface area contributed by atoms with E-state index in [9.17, 15) is 5.11 Å². The third kappa shape index (κ3) is 2.25. The lowest BCUT2D eigenvalue weighted by atomic mass is 10.1. The molecule has 0 amide bonds. The lowest BCUT2D eigenvalue weighted by Crippen LogP contribution is -2.03. The molecule has 0 aliphatic rings. The molecular formula is C13H18N2O. The average Bonchev–Trinajstić information content (AvgIpc) is 2.59. The molecule has 0 aliphatic heterocycles. The average molecular weight is 218 g/mol. The molecule has 0 fully saturated rings. The summed E-state index contributed by atoms with van der Waals surface area (Å²) < 4.78 is 0. The highest BCUT2D eigenvalue weighted by atomic mass is 16.3. The fourth-order valence-corrected chi connectivity index (χ4v) is 1.82. The monoisotopic (exact) mass is 218 g/mol. The molecule has 0 aliphatic carbocycles. The van der Waals surface area contributed by atoms with Crippen LogP contribution in [0.4, 0.5) is 0 Å². The highest BCUT2D eigenvalue weighted by molar-refractivity contribution is 5.76. The van der Waals surface area contributed by atoms with Crippen molar-refractivity contribution in [1.82, 2.24) is 9.97 Å². The molecule has 2 rings (SSSR count). The van der Waals surface area contributed by atoms with Crippen molar-refractivity contribution in [3.8, 4) is 0 Å². The Labute approximate surface area is 95.5 Å². The van der Waals surface area contributed by atoms with Gasteiger partial charge in [-0.2, -0.15) is 0 Å². The summed E-state index contributed by atoms with van der Waals surface area (Å²) in [5.74, 6) is 1.43. The quantitative estimate of drug-likeness (QED) is 0.832. The van der Waals surface area contributed by atoms with E-state index < -0.39 is 0 Å². The number of aromatic amines is 1. The number of fused-ring (bicyclic) bond motifs is 1. The predicted molar refractivity (Wildman–Crippen MR) is 65.6 cm³/mol. The number of nitrogens with one attached hydrogen (secondary N) is 1.